The van der Waals surface area contributed by atoms with Gasteiger partial charge in [0.25, 0.3) is 0 Å². The molecule has 20 heavy (non-hydrogen) atoms. The molecule has 0 aliphatic heterocycles. The van der Waals surface area contributed by atoms with Gasteiger partial charge in [-0.1, -0.05) is 87.9 Å². The van der Waals surface area contributed by atoms with Crippen molar-refractivity contribution in [1.82, 2.24) is 0 Å². The second-order valence-electron chi connectivity index (χ2n) is 5.43. The maximum atomic E-state index is 11.7. The van der Waals surface area contributed by atoms with Crippen molar-refractivity contribution >= 4 is 11.9 Å². The largest absolute Gasteiger partial charge is 0.299 e. The fourth-order valence-electron chi connectivity index (χ4n) is 2.27. The number of hydrogen-bond donors (Lipinski definition) is 0. The molecule has 1 aromatic rings. The molecule has 0 spiro atoms. The predicted octanol–water partition coefficient (Wildman–Crippen LogP) is 5.80. The van der Waals surface area contributed by atoms with Crippen LogP contribution in [0.15, 0.2) is 36.4 Å². The number of carbonyl (C=O) groups excluding carboxylic acids is 1. The van der Waals surface area contributed by atoms with Crippen LogP contribution in [-0.4, -0.2) is 5.78 Å². The van der Waals surface area contributed by atoms with Crippen LogP contribution in [0.3, 0.4) is 0 Å². The zero-order valence-corrected chi connectivity index (χ0v) is 12.8. The molecule has 0 saturated heterocycles. The van der Waals surface area contributed by atoms with E-state index in [1.54, 1.807) is 0 Å². The smallest absolute Gasteiger partial charge is 0.136 e. The van der Waals surface area contributed by atoms with Crippen LogP contribution in [0.5, 0.6) is 0 Å². The van der Waals surface area contributed by atoms with Gasteiger partial charge in [-0.3, -0.25) is 4.79 Å². The van der Waals surface area contributed by atoms with E-state index in [9.17, 15) is 4.79 Å². The summed E-state index contributed by atoms with van der Waals surface area (Å²) in [4.78, 5) is 11.7. The van der Waals surface area contributed by atoms with E-state index in [2.05, 4.69) is 19.1 Å². The highest BCUT2D eigenvalue weighted by molar-refractivity contribution is 5.80. The minimum Gasteiger partial charge on any atom is -0.299 e. The Balaban J connectivity index is 2.02. The van der Waals surface area contributed by atoms with Crippen molar-refractivity contribution in [3.05, 3.63) is 42.0 Å². The van der Waals surface area contributed by atoms with Crippen molar-refractivity contribution in [1.29, 1.82) is 0 Å². The molecule has 1 nitrogen and oxygen atoms in total. The van der Waals surface area contributed by atoms with Gasteiger partial charge in [0.2, 0.25) is 0 Å². The highest BCUT2D eigenvalue weighted by Crippen LogP contribution is 2.10. The van der Waals surface area contributed by atoms with Crippen LogP contribution in [0.25, 0.3) is 6.08 Å². The van der Waals surface area contributed by atoms with E-state index in [-0.39, 0.29) is 0 Å². The van der Waals surface area contributed by atoms with E-state index >= 15 is 0 Å². The summed E-state index contributed by atoms with van der Waals surface area (Å²) in [6.07, 6.45) is 14.2. The monoisotopic (exact) mass is 272 g/mol. The Morgan fingerprint density at radius 3 is 2.30 bits per heavy atom. The van der Waals surface area contributed by atoms with Crippen molar-refractivity contribution in [3.8, 4) is 0 Å². The van der Waals surface area contributed by atoms with Crippen LogP contribution in [0, 0.1) is 0 Å². The van der Waals surface area contributed by atoms with E-state index in [4.69, 9.17) is 0 Å². The molecule has 0 aliphatic rings. The Hall–Kier alpha value is -1.37. The summed E-state index contributed by atoms with van der Waals surface area (Å²) in [5.74, 6) is 0.366. The topological polar surface area (TPSA) is 17.1 Å². The molecule has 0 N–H and O–H groups in total. The van der Waals surface area contributed by atoms with Crippen LogP contribution in [0.4, 0.5) is 0 Å². The molecule has 1 rings (SSSR count). The van der Waals surface area contributed by atoms with Gasteiger partial charge in [0, 0.05) is 12.8 Å². The second kappa shape index (κ2) is 11.5. The van der Waals surface area contributed by atoms with Crippen molar-refractivity contribution in [2.24, 2.45) is 0 Å². The zero-order chi connectivity index (χ0) is 14.5. The maximum absolute atomic E-state index is 11.7. The van der Waals surface area contributed by atoms with Gasteiger partial charge >= 0.3 is 0 Å². The van der Waals surface area contributed by atoms with Gasteiger partial charge in [0.1, 0.15) is 5.78 Å². The lowest BCUT2D eigenvalue weighted by Crippen LogP contribution is -1.95. The summed E-state index contributed by atoms with van der Waals surface area (Å²) >= 11 is 0. The molecule has 0 fully saturated rings. The van der Waals surface area contributed by atoms with Crippen molar-refractivity contribution in [3.63, 3.8) is 0 Å². The highest BCUT2D eigenvalue weighted by atomic mass is 16.1. The molecule has 0 heterocycles. The first kappa shape index (κ1) is 16.7. The highest BCUT2D eigenvalue weighted by Gasteiger charge is 1.99. The molecule has 0 amide bonds. The van der Waals surface area contributed by atoms with Gasteiger partial charge in [-0.25, -0.2) is 0 Å². The van der Waals surface area contributed by atoms with Gasteiger partial charge in [-0.2, -0.15) is 0 Å². The summed E-state index contributed by atoms with van der Waals surface area (Å²) in [7, 11) is 0. The van der Waals surface area contributed by atoms with Gasteiger partial charge in [0.05, 0.1) is 0 Å². The van der Waals surface area contributed by atoms with Crippen LogP contribution in [-0.2, 0) is 4.79 Å². The van der Waals surface area contributed by atoms with Crippen LogP contribution in [0.1, 0.15) is 70.3 Å². The third kappa shape index (κ3) is 8.68. The Bertz CT molecular complexity index is 378. The van der Waals surface area contributed by atoms with Gasteiger partial charge in [0.15, 0.2) is 0 Å². The first-order valence-electron chi connectivity index (χ1n) is 8.06. The Morgan fingerprint density at radius 1 is 0.950 bits per heavy atom. The van der Waals surface area contributed by atoms with Crippen molar-refractivity contribution in [2.45, 2.75) is 64.7 Å². The van der Waals surface area contributed by atoms with E-state index in [1.165, 1.54) is 38.5 Å². The molecule has 1 aromatic carbocycles. The zero-order valence-electron chi connectivity index (χ0n) is 12.8. The molecule has 0 aromatic heterocycles. The number of hydrogen-bond acceptors (Lipinski definition) is 1. The average Bonchev–Trinajstić information content (AvgIpc) is 2.47. The van der Waals surface area contributed by atoms with E-state index in [0.29, 0.717) is 12.2 Å². The SMILES string of the molecule is CCCCCCCCCC(=O)C/C=C/c1ccccc1. The normalized spacial score (nSPS) is 11.1. The summed E-state index contributed by atoms with van der Waals surface area (Å²) in [6, 6.07) is 10.1. The third-order valence-corrected chi connectivity index (χ3v) is 3.51. The summed E-state index contributed by atoms with van der Waals surface area (Å²) < 4.78 is 0. The lowest BCUT2D eigenvalue weighted by molar-refractivity contribution is -0.118. The molecule has 0 bridgehead atoms. The summed E-state index contributed by atoms with van der Waals surface area (Å²) in [6.45, 7) is 2.24. The standard InChI is InChI=1S/C19H28O/c1-2-3-4-5-6-7-11-16-19(20)17-12-15-18-13-9-8-10-14-18/h8-10,12-15H,2-7,11,16-17H2,1H3/b15-12+. The molecular formula is C19H28O. The number of Topliss-reactive ketones (excluding diaryl/α,β-unsaturated/α-hetero) is 1. The number of carbonyl (C=O) groups is 1. The number of benzene rings is 1. The minimum absolute atomic E-state index is 0.366. The van der Waals surface area contributed by atoms with E-state index in [0.717, 1.165) is 18.4 Å². The second-order valence-corrected chi connectivity index (χ2v) is 5.43. The Labute approximate surface area is 124 Å². The van der Waals surface area contributed by atoms with Gasteiger partial charge in [-0.15, -0.1) is 0 Å². The molecule has 0 radical (unpaired) electrons. The fourth-order valence-corrected chi connectivity index (χ4v) is 2.27. The number of ketones is 1. The van der Waals surface area contributed by atoms with Gasteiger partial charge < -0.3 is 0 Å². The maximum Gasteiger partial charge on any atom is 0.136 e. The van der Waals surface area contributed by atoms with Crippen molar-refractivity contribution in [2.75, 3.05) is 0 Å². The average molecular weight is 272 g/mol. The van der Waals surface area contributed by atoms with Crippen LogP contribution < -0.4 is 0 Å². The van der Waals surface area contributed by atoms with E-state index in [1.807, 2.05) is 30.4 Å². The minimum atomic E-state index is 0.366. The lowest BCUT2D eigenvalue weighted by Gasteiger charge is -2.00. The Morgan fingerprint density at radius 2 is 1.60 bits per heavy atom. The lowest BCUT2D eigenvalue weighted by atomic mass is 10.1. The number of rotatable bonds is 11. The fraction of sp³-hybridized carbons (Fsp3) is 0.526. The molecule has 0 unspecified atom stereocenters. The first-order chi connectivity index (χ1) is 9.83. The summed E-state index contributed by atoms with van der Waals surface area (Å²) in [5, 5.41) is 0. The molecular weight excluding hydrogens is 244 g/mol. The Kier molecular flexibility index (Phi) is 9.56. The number of unbranched alkanes of at least 4 members (excludes halogenated alkanes) is 6. The molecule has 0 saturated carbocycles. The number of allylic oxidation sites excluding steroid dienone is 1. The predicted molar refractivity (Wildman–Crippen MR) is 87.7 cm³/mol. The first-order valence-corrected chi connectivity index (χ1v) is 8.06. The molecule has 0 aliphatic carbocycles. The van der Waals surface area contributed by atoms with Crippen LogP contribution >= 0.6 is 0 Å². The van der Waals surface area contributed by atoms with E-state index < -0.39 is 0 Å². The third-order valence-electron chi connectivity index (χ3n) is 3.51. The quantitative estimate of drug-likeness (QED) is 0.465. The molecule has 110 valence electrons. The van der Waals surface area contributed by atoms with Gasteiger partial charge in [-0.05, 0) is 12.0 Å². The summed E-state index contributed by atoms with van der Waals surface area (Å²) in [5.41, 5.74) is 1.16. The van der Waals surface area contributed by atoms with Crippen LogP contribution in [0.2, 0.25) is 0 Å². The molecule has 0 atom stereocenters. The van der Waals surface area contributed by atoms with Crippen molar-refractivity contribution < 1.29 is 4.79 Å². The molecule has 1 heteroatoms.